The molecule has 1 saturated heterocycles. The van der Waals surface area contributed by atoms with Crippen molar-refractivity contribution in [3.05, 3.63) is 29.6 Å². The molecular formula is C15H19FN2O. The van der Waals surface area contributed by atoms with Crippen LogP contribution in [0.4, 0.5) is 10.1 Å². The van der Waals surface area contributed by atoms with Crippen molar-refractivity contribution in [2.45, 2.75) is 32.2 Å². The number of nitrogens with one attached hydrogen (secondary N) is 1. The van der Waals surface area contributed by atoms with Gasteiger partial charge in [-0.2, -0.15) is 0 Å². The lowest BCUT2D eigenvalue weighted by Gasteiger charge is -2.32. The van der Waals surface area contributed by atoms with E-state index >= 15 is 0 Å². The molecule has 1 fully saturated rings. The number of hydrogen-bond donors (Lipinski definition) is 1. The van der Waals surface area contributed by atoms with Crippen LogP contribution < -0.4 is 10.2 Å². The van der Waals surface area contributed by atoms with Crippen molar-refractivity contribution in [1.82, 2.24) is 5.32 Å². The minimum atomic E-state index is -0.275. The van der Waals surface area contributed by atoms with Crippen LogP contribution in [-0.2, 0) is 11.2 Å². The van der Waals surface area contributed by atoms with Gasteiger partial charge in [-0.05, 0) is 49.4 Å². The molecule has 19 heavy (non-hydrogen) atoms. The summed E-state index contributed by atoms with van der Waals surface area (Å²) >= 11 is 0. The molecule has 2 unspecified atom stereocenters. The summed E-state index contributed by atoms with van der Waals surface area (Å²) in [5, 5.41) is 3.31. The number of nitrogens with zero attached hydrogens (tertiary/aromatic N) is 1. The number of hydrogen-bond acceptors (Lipinski definition) is 2. The molecule has 0 aromatic heterocycles. The van der Waals surface area contributed by atoms with E-state index in [1.165, 1.54) is 12.1 Å². The maximum absolute atomic E-state index is 13.4. The smallest absolute Gasteiger partial charge is 0.244 e. The maximum atomic E-state index is 13.4. The molecular weight excluding hydrogens is 243 g/mol. The van der Waals surface area contributed by atoms with E-state index in [-0.39, 0.29) is 17.8 Å². The quantitative estimate of drug-likeness (QED) is 0.840. The van der Waals surface area contributed by atoms with E-state index in [9.17, 15) is 9.18 Å². The summed E-state index contributed by atoms with van der Waals surface area (Å²) in [6.45, 7) is 3.67. The average Bonchev–Trinajstić information content (AvgIpc) is 2.81. The van der Waals surface area contributed by atoms with Crippen LogP contribution in [0, 0.1) is 11.7 Å². The van der Waals surface area contributed by atoms with E-state index in [0.717, 1.165) is 37.1 Å². The average molecular weight is 262 g/mol. The van der Waals surface area contributed by atoms with Gasteiger partial charge in [0, 0.05) is 12.2 Å². The van der Waals surface area contributed by atoms with E-state index in [2.05, 4.69) is 12.2 Å². The van der Waals surface area contributed by atoms with Crippen LogP contribution in [0.25, 0.3) is 0 Å². The normalized spacial score (nSPS) is 26.3. The van der Waals surface area contributed by atoms with Crippen LogP contribution >= 0.6 is 0 Å². The monoisotopic (exact) mass is 262 g/mol. The first-order chi connectivity index (χ1) is 9.16. The Bertz CT molecular complexity index is 503. The minimum absolute atomic E-state index is 0.0940. The fourth-order valence-electron chi connectivity index (χ4n) is 3.13. The van der Waals surface area contributed by atoms with Gasteiger partial charge in [-0.25, -0.2) is 4.39 Å². The number of piperidine rings is 1. The van der Waals surface area contributed by atoms with Gasteiger partial charge in [0.25, 0.3) is 0 Å². The zero-order valence-corrected chi connectivity index (χ0v) is 11.2. The Hall–Kier alpha value is -1.42. The van der Waals surface area contributed by atoms with Gasteiger partial charge in [0.15, 0.2) is 0 Å². The largest absolute Gasteiger partial charge is 0.310 e. The number of amides is 1. The third-order valence-corrected chi connectivity index (χ3v) is 4.24. The first-order valence-corrected chi connectivity index (χ1v) is 7.00. The topological polar surface area (TPSA) is 32.3 Å². The number of carbonyl (C=O) groups excluding carboxylic acids is 1. The first-order valence-electron chi connectivity index (χ1n) is 7.00. The fraction of sp³-hybridized carbons (Fsp3) is 0.533. The van der Waals surface area contributed by atoms with Gasteiger partial charge >= 0.3 is 0 Å². The minimum Gasteiger partial charge on any atom is -0.310 e. The van der Waals surface area contributed by atoms with Crippen LogP contribution in [0.2, 0.25) is 0 Å². The lowest BCUT2D eigenvalue weighted by molar-refractivity contribution is -0.122. The second kappa shape index (κ2) is 4.93. The van der Waals surface area contributed by atoms with Crippen LogP contribution in [0.1, 0.15) is 25.3 Å². The van der Waals surface area contributed by atoms with Gasteiger partial charge < -0.3 is 10.2 Å². The molecule has 0 spiro atoms. The Morgan fingerprint density at radius 2 is 2.32 bits per heavy atom. The Morgan fingerprint density at radius 1 is 1.47 bits per heavy atom. The lowest BCUT2D eigenvalue weighted by atomic mass is 9.92. The van der Waals surface area contributed by atoms with Crippen molar-refractivity contribution in [2.75, 3.05) is 18.0 Å². The molecule has 2 aliphatic rings. The van der Waals surface area contributed by atoms with Crippen LogP contribution in [0.15, 0.2) is 18.2 Å². The van der Waals surface area contributed by atoms with Gasteiger partial charge in [0.05, 0.1) is 6.04 Å². The predicted molar refractivity (Wildman–Crippen MR) is 72.6 cm³/mol. The summed E-state index contributed by atoms with van der Waals surface area (Å²) in [7, 11) is 0. The highest BCUT2D eigenvalue weighted by Crippen LogP contribution is 2.30. The van der Waals surface area contributed by atoms with E-state index in [4.69, 9.17) is 0 Å². The van der Waals surface area contributed by atoms with E-state index < -0.39 is 0 Å². The summed E-state index contributed by atoms with van der Waals surface area (Å²) in [6.07, 6.45) is 3.02. The Morgan fingerprint density at radius 3 is 3.11 bits per heavy atom. The Balaban J connectivity index is 1.84. The Labute approximate surface area is 112 Å². The van der Waals surface area contributed by atoms with E-state index in [1.807, 2.05) is 0 Å². The summed E-state index contributed by atoms with van der Waals surface area (Å²) in [6, 6.07) is 4.61. The highest BCUT2D eigenvalue weighted by molar-refractivity contribution is 5.99. The number of benzene rings is 1. The molecule has 1 aromatic rings. The van der Waals surface area contributed by atoms with Gasteiger partial charge in [-0.3, -0.25) is 4.79 Å². The molecule has 0 saturated carbocycles. The third kappa shape index (κ3) is 2.25. The zero-order chi connectivity index (χ0) is 13.4. The number of fused-ring (bicyclic) bond motifs is 1. The zero-order valence-electron chi connectivity index (χ0n) is 11.2. The van der Waals surface area contributed by atoms with E-state index in [0.29, 0.717) is 12.5 Å². The van der Waals surface area contributed by atoms with Crippen molar-refractivity contribution in [3.8, 4) is 0 Å². The van der Waals surface area contributed by atoms with Gasteiger partial charge in [-0.1, -0.05) is 13.0 Å². The molecule has 1 aromatic carbocycles. The molecule has 1 amide bonds. The maximum Gasteiger partial charge on any atom is 0.244 e. The van der Waals surface area contributed by atoms with Crippen molar-refractivity contribution in [1.29, 1.82) is 0 Å². The SMILES string of the molecule is CC1CCCNC1C(=O)N1CCc2ccc(F)cc21. The van der Waals surface area contributed by atoms with Crippen LogP contribution in [-0.4, -0.2) is 25.0 Å². The molecule has 3 rings (SSSR count). The van der Waals surface area contributed by atoms with Crippen LogP contribution in [0.3, 0.4) is 0 Å². The van der Waals surface area contributed by atoms with Gasteiger partial charge in [0.2, 0.25) is 5.91 Å². The standard InChI is InChI=1S/C15H19FN2O/c1-10-3-2-7-17-14(10)15(19)18-8-6-11-4-5-12(16)9-13(11)18/h4-5,9-10,14,17H,2-3,6-8H2,1H3. The summed E-state index contributed by atoms with van der Waals surface area (Å²) < 4.78 is 13.4. The van der Waals surface area contributed by atoms with Crippen molar-refractivity contribution >= 4 is 11.6 Å². The molecule has 2 atom stereocenters. The number of anilines is 1. The summed E-state index contributed by atoms with van der Waals surface area (Å²) in [4.78, 5) is 14.4. The molecule has 3 nitrogen and oxygen atoms in total. The predicted octanol–water partition coefficient (Wildman–Crippen LogP) is 2.10. The fourth-order valence-corrected chi connectivity index (χ4v) is 3.13. The lowest BCUT2D eigenvalue weighted by Crippen LogP contribution is -2.52. The third-order valence-electron chi connectivity index (χ3n) is 4.24. The highest BCUT2D eigenvalue weighted by atomic mass is 19.1. The van der Waals surface area contributed by atoms with Crippen LogP contribution in [0.5, 0.6) is 0 Å². The van der Waals surface area contributed by atoms with Gasteiger partial charge in [0.1, 0.15) is 5.82 Å². The molecule has 1 N–H and O–H groups in total. The molecule has 0 radical (unpaired) electrons. The number of rotatable bonds is 1. The van der Waals surface area contributed by atoms with Crippen molar-refractivity contribution < 1.29 is 9.18 Å². The molecule has 2 heterocycles. The van der Waals surface area contributed by atoms with Crippen molar-refractivity contribution in [3.63, 3.8) is 0 Å². The molecule has 102 valence electrons. The number of carbonyl (C=O) groups is 1. The van der Waals surface area contributed by atoms with E-state index in [1.54, 1.807) is 11.0 Å². The second-order valence-corrected chi connectivity index (χ2v) is 5.56. The second-order valence-electron chi connectivity index (χ2n) is 5.56. The van der Waals surface area contributed by atoms with Gasteiger partial charge in [-0.15, -0.1) is 0 Å². The first kappa shape index (κ1) is 12.6. The Kier molecular flexibility index (Phi) is 3.27. The van der Waals surface area contributed by atoms with Crippen molar-refractivity contribution in [2.24, 2.45) is 5.92 Å². The molecule has 0 bridgehead atoms. The molecule has 0 aliphatic carbocycles. The summed E-state index contributed by atoms with van der Waals surface area (Å²) in [5.74, 6) is 0.165. The molecule has 4 heteroatoms. The highest BCUT2D eigenvalue weighted by Gasteiger charge is 2.34. The molecule has 2 aliphatic heterocycles. The summed E-state index contributed by atoms with van der Waals surface area (Å²) in [5.41, 5.74) is 1.82. The number of halogens is 1.